The van der Waals surface area contributed by atoms with Gasteiger partial charge in [0.05, 0.1) is 25.3 Å². The number of epoxide rings is 1. The van der Waals surface area contributed by atoms with E-state index in [1.165, 1.54) is 24.0 Å². The maximum Gasteiger partial charge on any atom is 0.409 e. The average Bonchev–Trinajstić information content (AvgIpc) is 3.82. The molecule has 0 unspecified atom stereocenters. The number of hydrogen-bond acceptors (Lipinski definition) is 12. The summed E-state index contributed by atoms with van der Waals surface area (Å²) in [5.74, 6) is -1.50. The van der Waals surface area contributed by atoms with Crippen LogP contribution >= 0.6 is 33.2 Å². The van der Waals surface area contributed by atoms with Gasteiger partial charge in [-0.25, -0.2) is 9.59 Å². The van der Waals surface area contributed by atoms with Crippen LogP contribution in [0.15, 0.2) is 35.9 Å². The van der Waals surface area contributed by atoms with E-state index in [1.807, 2.05) is 26.2 Å². The molecule has 306 valence electrons. The van der Waals surface area contributed by atoms with Crippen LogP contribution in [0, 0.1) is 5.92 Å². The summed E-state index contributed by atoms with van der Waals surface area (Å²) in [5.41, 5.74) is -0.900. The molecule has 0 radical (unpaired) electrons. The second-order valence-electron chi connectivity index (χ2n) is 15.4. The van der Waals surface area contributed by atoms with Crippen molar-refractivity contribution in [2.24, 2.45) is 5.92 Å². The maximum absolute atomic E-state index is 14.2. The highest BCUT2D eigenvalue weighted by atomic mass is 35.5. The minimum absolute atomic E-state index is 0.0478. The number of halogens is 1. The van der Waals surface area contributed by atoms with E-state index in [4.69, 9.17) is 35.3 Å². The highest BCUT2D eigenvalue weighted by molar-refractivity contribution is 8.76. The summed E-state index contributed by atoms with van der Waals surface area (Å²) in [7, 11) is 9.39. The third-order valence-corrected chi connectivity index (χ3v) is 13.8. The number of nitrogens with zero attached hydrogens (tertiary/aromatic N) is 2. The lowest BCUT2D eigenvalue weighted by Crippen LogP contribution is -2.63. The third-order valence-electron chi connectivity index (χ3n) is 10.8. The molecule has 3 heterocycles. The highest BCUT2D eigenvalue weighted by Crippen LogP contribution is 2.49. The highest BCUT2D eigenvalue weighted by Gasteiger charge is 2.64. The first-order valence-corrected chi connectivity index (χ1v) is 21.2. The standard InChI is InChI=1S/C39H56ClN3O10S2/c1-22-13-12-14-29(50-10)39(48)21-28(51-36(47)41-39)23(2)34-38(6,53-34)30(20-32(45)43(8)26-18-25(17-22)19-27(49-9)33(26)40)52-35(46)24(3)42(7)31(44)15-16-37(4,5)55-54-11/h12-14,18-19,23-24,28-30,34,48H,15-17,20-21H2,1-11H3,(H,41,47)/b14-12+,22-13+/t23-,24-,28+,29-,30+,34+,38+,39+/m1/s1. The van der Waals surface area contributed by atoms with Crippen LogP contribution in [-0.4, -0.2) is 115 Å². The topological polar surface area (TPSA) is 156 Å². The molecule has 0 aromatic heterocycles. The lowest BCUT2D eigenvalue weighted by atomic mass is 9.83. The molecule has 0 spiro atoms. The number of alkyl carbamates (subject to hydrolysis) is 1. The van der Waals surface area contributed by atoms with Crippen molar-refractivity contribution in [2.45, 2.75) is 120 Å². The molecule has 0 saturated carbocycles. The van der Waals surface area contributed by atoms with Gasteiger partial charge in [-0.1, -0.05) is 63.9 Å². The number of rotatable bonds is 10. The Kier molecular flexibility index (Phi) is 14.7. The number of nitrogens with one attached hydrogen (secondary N) is 1. The van der Waals surface area contributed by atoms with Gasteiger partial charge in [0, 0.05) is 44.7 Å². The summed E-state index contributed by atoms with van der Waals surface area (Å²) in [6.45, 7) is 11.2. The van der Waals surface area contributed by atoms with Gasteiger partial charge in [0.15, 0.2) is 5.72 Å². The van der Waals surface area contributed by atoms with Gasteiger partial charge in [0.2, 0.25) is 11.8 Å². The molecular weight excluding hydrogens is 770 g/mol. The molecule has 8 atom stereocenters. The first kappa shape index (κ1) is 44.8. The second kappa shape index (κ2) is 18.1. The van der Waals surface area contributed by atoms with Gasteiger partial charge < -0.3 is 38.6 Å². The van der Waals surface area contributed by atoms with Crippen LogP contribution in [0.3, 0.4) is 0 Å². The Hall–Kier alpha value is -2.95. The van der Waals surface area contributed by atoms with E-state index in [9.17, 15) is 24.3 Å². The fourth-order valence-corrected chi connectivity index (χ4v) is 9.62. The normalized spacial score (nSPS) is 30.8. The van der Waals surface area contributed by atoms with Crippen LogP contribution in [0.4, 0.5) is 10.5 Å². The number of allylic oxidation sites excluding steroid dienone is 3. The number of methoxy groups -OCH3 is 2. The van der Waals surface area contributed by atoms with Gasteiger partial charge in [0.25, 0.3) is 0 Å². The van der Waals surface area contributed by atoms with E-state index < -0.39 is 65.7 Å². The van der Waals surface area contributed by atoms with Gasteiger partial charge in [0.1, 0.15) is 40.7 Å². The molecule has 16 heteroatoms. The molecule has 3 amide bonds. The predicted molar refractivity (Wildman–Crippen MR) is 215 cm³/mol. The first-order valence-electron chi connectivity index (χ1n) is 18.3. The zero-order valence-electron chi connectivity index (χ0n) is 33.6. The molecule has 2 saturated heterocycles. The van der Waals surface area contributed by atoms with Crippen LogP contribution in [0.2, 0.25) is 5.02 Å². The molecule has 3 aliphatic heterocycles. The van der Waals surface area contributed by atoms with Crippen molar-refractivity contribution < 1.29 is 48.0 Å². The van der Waals surface area contributed by atoms with E-state index >= 15 is 0 Å². The number of carbonyl (C=O) groups excluding carboxylic acids is 4. The number of fused-ring (bicyclic) bond motifs is 5. The van der Waals surface area contributed by atoms with Crippen LogP contribution in [0.25, 0.3) is 0 Å². The average molecular weight is 826 g/mol. The largest absolute Gasteiger partial charge is 0.495 e. The summed E-state index contributed by atoms with van der Waals surface area (Å²) in [5, 5.41) is 14.5. The third kappa shape index (κ3) is 10.5. The zero-order valence-corrected chi connectivity index (χ0v) is 36.0. The summed E-state index contributed by atoms with van der Waals surface area (Å²) in [6.07, 6.45) is 3.81. The Morgan fingerprint density at radius 1 is 1.25 bits per heavy atom. The molecule has 1 aromatic rings. The van der Waals surface area contributed by atoms with Crippen molar-refractivity contribution in [2.75, 3.05) is 39.5 Å². The van der Waals surface area contributed by atoms with Gasteiger partial charge in [-0.2, -0.15) is 0 Å². The van der Waals surface area contributed by atoms with Gasteiger partial charge in [-0.15, -0.1) is 0 Å². The zero-order chi connectivity index (χ0) is 41.0. The van der Waals surface area contributed by atoms with E-state index in [2.05, 4.69) is 19.2 Å². The summed E-state index contributed by atoms with van der Waals surface area (Å²) < 4.78 is 29.2. The van der Waals surface area contributed by atoms with Crippen molar-refractivity contribution in [3.8, 4) is 5.75 Å². The van der Waals surface area contributed by atoms with Crippen LogP contribution < -0.4 is 15.0 Å². The molecule has 55 heavy (non-hydrogen) atoms. The first-order chi connectivity index (χ1) is 25.7. The van der Waals surface area contributed by atoms with E-state index in [-0.39, 0.29) is 34.9 Å². The van der Waals surface area contributed by atoms with Gasteiger partial charge in [-0.3, -0.25) is 14.9 Å². The summed E-state index contributed by atoms with van der Waals surface area (Å²) >= 11 is 6.78. The number of anilines is 1. The number of amides is 3. The number of aliphatic hydroxyl groups is 1. The maximum atomic E-state index is 14.2. The van der Waals surface area contributed by atoms with E-state index in [0.717, 1.165) is 11.1 Å². The van der Waals surface area contributed by atoms with E-state index in [0.29, 0.717) is 24.3 Å². The lowest BCUT2D eigenvalue weighted by molar-refractivity contribution is -0.162. The Bertz CT molecular complexity index is 1680. The quantitative estimate of drug-likeness (QED) is 0.160. The van der Waals surface area contributed by atoms with Gasteiger partial charge >= 0.3 is 12.1 Å². The number of esters is 1. The van der Waals surface area contributed by atoms with Gasteiger partial charge in [-0.05, 0) is 71.4 Å². The van der Waals surface area contributed by atoms with Crippen molar-refractivity contribution >= 4 is 62.8 Å². The Morgan fingerprint density at radius 3 is 2.58 bits per heavy atom. The molecule has 2 fully saturated rings. The fraction of sp³-hybridized carbons (Fsp3) is 0.641. The summed E-state index contributed by atoms with van der Waals surface area (Å²) in [4.78, 5) is 56.9. The minimum Gasteiger partial charge on any atom is -0.495 e. The predicted octanol–water partition coefficient (Wildman–Crippen LogP) is 6.08. The second-order valence-corrected chi connectivity index (χ2v) is 18.9. The monoisotopic (exact) mass is 825 g/mol. The number of ether oxygens (including phenoxy) is 5. The van der Waals surface area contributed by atoms with Crippen molar-refractivity contribution in [3.63, 3.8) is 0 Å². The molecule has 3 aliphatic rings. The smallest absolute Gasteiger partial charge is 0.409 e. The molecule has 4 bridgehead atoms. The Labute approximate surface area is 337 Å². The Morgan fingerprint density at radius 2 is 1.95 bits per heavy atom. The number of benzene rings is 1. The van der Waals surface area contributed by atoms with Crippen LogP contribution in [0.5, 0.6) is 5.75 Å². The molecule has 0 aliphatic carbocycles. The SMILES string of the molecule is COc1cc2cc(c1Cl)N(C)C(=O)C[C@H](OC(=O)[C@@H](C)N(C)C(=O)CCC(C)(C)SSC)[C@]1(C)O[C@H]1[C@H](C)[C@@H]1C[C@@](O)(NC(=O)O1)[C@H](OC)/C=C/C=C(\C)C2. The van der Waals surface area contributed by atoms with Crippen LogP contribution in [-0.2, 0) is 39.8 Å². The Balaban J connectivity index is 1.71. The molecule has 4 rings (SSSR count). The summed E-state index contributed by atoms with van der Waals surface area (Å²) in [6, 6.07) is 2.62. The lowest BCUT2D eigenvalue weighted by Gasteiger charge is -2.42. The van der Waals surface area contributed by atoms with Crippen molar-refractivity contribution in [3.05, 3.63) is 46.5 Å². The number of hydrogen-bond donors (Lipinski definition) is 2. The van der Waals surface area contributed by atoms with Crippen LogP contribution in [0.1, 0.15) is 72.8 Å². The van der Waals surface area contributed by atoms with Crippen molar-refractivity contribution in [1.82, 2.24) is 10.2 Å². The number of likely N-dealkylation sites (N-methyl/N-ethyl adjacent to an activating group) is 1. The van der Waals surface area contributed by atoms with Crippen molar-refractivity contribution in [1.29, 1.82) is 0 Å². The molecule has 2 N–H and O–H groups in total. The fourth-order valence-electron chi connectivity index (χ4n) is 7.07. The molecular formula is C39H56ClN3O10S2. The molecule has 13 nitrogen and oxygen atoms in total. The molecule has 1 aromatic carbocycles. The minimum atomic E-state index is -1.83. The number of carbonyl (C=O) groups is 4. The van der Waals surface area contributed by atoms with E-state index in [1.54, 1.807) is 73.8 Å².